The molecule has 0 bridgehead atoms. The van der Waals surface area contributed by atoms with Crippen molar-refractivity contribution in [3.63, 3.8) is 0 Å². The van der Waals surface area contributed by atoms with E-state index in [-0.39, 0.29) is 6.61 Å². The molecule has 1 saturated heterocycles. The van der Waals surface area contributed by atoms with Gasteiger partial charge in [-0.05, 0) is 39.2 Å². The molecule has 0 saturated carbocycles. The fourth-order valence-electron chi connectivity index (χ4n) is 1.94. The Morgan fingerprint density at radius 2 is 1.95 bits per heavy atom. The molecule has 2 rings (SSSR count). The maximum Gasteiger partial charge on any atom is 0.492 e. The molecule has 1 aliphatic rings. The summed E-state index contributed by atoms with van der Waals surface area (Å²) < 4.78 is 11.8. The minimum absolute atomic E-state index is 0.197. The van der Waals surface area contributed by atoms with Crippen LogP contribution in [-0.2, 0) is 9.31 Å². The van der Waals surface area contributed by atoms with E-state index < -0.39 is 18.3 Å². The summed E-state index contributed by atoms with van der Waals surface area (Å²) in [4.78, 5) is 4.00. The predicted octanol–water partition coefficient (Wildman–Crippen LogP) is 2.32. The lowest BCUT2D eigenvalue weighted by Crippen LogP contribution is -2.41. The number of hydrogen-bond donors (Lipinski definition) is 2. The molecular weight excluding hydrogens is 290 g/mol. The van der Waals surface area contributed by atoms with Gasteiger partial charge in [0.05, 0.1) is 22.8 Å². The molecular formula is C14H20BClN2O3. The van der Waals surface area contributed by atoms with Crippen molar-refractivity contribution in [2.24, 2.45) is 0 Å². The minimum atomic E-state index is -0.617. The zero-order valence-electron chi connectivity index (χ0n) is 12.7. The van der Waals surface area contributed by atoms with Crippen LogP contribution in [0.1, 0.15) is 33.3 Å². The smallest absolute Gasteiger partial charge is 0.400 e. The number of hydrogen-bond acceptors (Lipinski definition) is 5. The third-order valence-corrected chi connectivity index (χ3v) is 4.31. The lowest BCUT2D eigenvalue weighted by Gasteiger charge is -2.32. The van der Waals surface area contributed by atoms with Crippen molar-refractivity contribution in [3.8, 4) is 0 Å². The topological polar surface area (TPSA) is 77.6 Å². The van der Waals surface area contributed by atoms with Crippen LogP contribution in [0.25, 0.3) is 6.08 Å². The molecule has 3 N–H and O–H groups in total. The Balaban J connectivity index is 2.31. The molecule has 0 aliphatic carbocycles. The van der Waals surface area contributed by atoms with E-state index in [2.05, 4.69) is 4.98 Å². The van der Waals surface area contributed by atoms with Crippen LogP contribution in [0.2, 0.25) is 5.02 Å². The van der Waals surface area contributed by atoms with Gasteiger partial charge >= 0.3 is 7.12 Å². The van der Waals surface area contributed by atoms with E-state index in [0.29, 0.717) is 21.9 Å². The van der Waals surface area contributed by atoms with Crippen LogP contribution in [0.3, 0.4) is 0 Å². The summed E-state index contributed by atoms with van der Waals surface area (Å²) in [6.07, 6.45) is 3.27. The first kappa shape index (κ1) is 16.3. The molecule has 5 nitrogen and oxygen atoms in total. The van der Waals surface area contributed by atoms with E-state index in [9.17, 15) is 5.11 Å². The van der Waals surface area contributed by atoms with Crippen molar-refractivity contribution in [1.82, 2.24) is 4.98 Å². The summed E-state index contributed by atoms with van der Waals surface area (Å²) in [7, 11) is -0.617. The molecule has 2 heterocycles. The second kappa shape index (κ2) is 5.61. The van der Waals surface area contributed by atoms with E-state index in [4.69, 9.17) is 26.6 Å². The monoisotopic (exact) mass is 310 g/mol. The first-order valence-corrected chi connectivity index (χ1v) is 7.12. The summed E-state index contributed by atoms with van der Waals surface area (Å²) in [5, 5.41) is 10.1. The molecule has 7 heteroatoms. The summed E-state index contributed by atoms with van der Waals surface area (Å²) >= 11 is 6.12. The largest absolute Gasteiger partial charge is 0.492 e. The second-order valence-electron chi connectivity index (χ2n) is 6.10. The van der Waals surface area contributed by atoms with Crippen molar-refractivity contribution in [3.05, 3.63) is 28.3 Å². The number of rotatable bonds is 3. The number of anilines is 1. The van der Waals surface area contributed by atoms with Crippen LogP contribution in [0, 0.1) is 0 Å². The zero-order chi connectivity index (χ0) is 15.8. The quantitative estimate of drug-likeness (QED) is 0.838. The molecule has 21 heavy (non-hydrogen) atoms. The molecule has 0 amide bonds. The maximum absolute atomic E-state index is 9.62. The highest BCUT2D eigenvalue weighted by atomic mass is 35.5. The Labute approximate surface area is 130 Å². The second-order valence-corrected chi connectivity index (χ2v) is 6.50. The van der Waals surface area contributed by atoms with Gasteiger partial charge in [0.25, 0.3) is 0 Å². The van der Waals surface area contributed by atoms with Crippen molar-refractivity contribution in [2.45, 2.75) is 38.9 Å². The lowest BCUT2D eigenvalue weighted by molar-refractivity contribution is 0.00578. The maximum atomic E-state index is 9.62. The molecule has 1 aromatic heterocycles. The summed E-state index contributed by atoms with van der Waals surface area (Å²) in [6, 6.07) is 1.56. The van der Waals surface area contributed by atoms with Crippen molar-refractivity contribution >= 4 is 30.6 Å². The van der Waals surface area contributed by atoms with Gasteiger partial charge in [0.1, 0.15) is 5.82 Å². The highest BCUT2D eigenvalue weighted by Crippen LogP contribution is 2.38. The van der Waals surface area contributed by atoms with Gasteiger partial charge in [-0.15, -0.1) is 0 Å². The predicted molar refractivity (Wildman–Crippen MR) is 84.8 cm³/mol. The summed E-state index contributed by atoms with van der Waals surface area (Å²) in [6.45, 7) is 7.64. The number of nitrogens with zero attached hydrogens (tertiary/aromatic N) is 1. The Morgan fingerprint density at radius 1 is 1.38 bits per heavy atom. The molecule has 1 aromatic rings. The first-order valence-electron chi connectivity index (χ1n) is 6.74. The first-order chi connectivity index (χ1) is 9.66. The Hall–Kier alpha value is -1.08. The number of nitrogen functional groups attached to an aromatic ring is 1. The number of aliphatic hydroxyl groups excluding tert-OH is 1. The van der Waals surface area contributed by atoms with Gasteiger partial charge in [0, 0.05) is 11.8 Å². The van der Waals surface area contributed by atoms with E-state index in [1.807, 2.05) is 27.7 Å². The van der Waals surface area contributed by atoms with Crippen LogP contribution in [-0.4, -0.2) is 35.0 Å². The van der Waals surface area contributed by atoms with Crippen LogP contribution in [0.5, 0.6) is 0 Å². The normalized spacial score (nSPS) is 20.9. The SMILES string of the molecule is CC1(C)OB(C(=Cc2cnc(N)cc2Cl)CO)OC1(C)C. The van der Waals surface area contributed by atoms with Crippen molar-refractivity contribution in [2.75, 3.05) is 12.3 Å². The average molecular weight is 311 g/mol. The van der Waals surface area contributed by atoms with Gasteiger partial charge in [0.2, 0.25) is 0 Å². The van der Waals surface area contributed by atoms with Gasteiger partial charge < -0.3 is 20.1 Å². The van der Waals surface area contributed by atoms with Gasteiger partial charge in [-0.25, -0.2) is 4.98 Å². The third-order valence-electron chi connectivity index (χ3n) is 3.98. The Kier molecular flexibility index (Phi) is 4.35. The van der Waals surface area contributed by atoms with Gasteiger partial charge in [0.15, 0.2) is 0 Å². The molecule has 1 aliphatic heterocycles. The number of aromatic nitrogens is 1. The number of halogens is 1. The molecule has 114 valence electrons. The highest BCUT2D eigenvalue weighted by Gasteiger charge is 2.52. The van der Waals surface area contributed by atoms with Gasteiger partial charge in [-0.2, -0.15) is 0 Å². The molecule has 1 fully saturated rings. The van der Waals surface area contributed by atoms with Crippen molar-refractivity contribution in [1.29, 1.82) is 0 Å². The number of nitrogens with two attached hydrogens (primary N) is 1. The average Bonchev–Trinajstić information content (AvgIpc) is 2.57. The van der Waals surface area contributed by atoms with E-state index in [1.165, 1.54) is 0 Å². The zero-order valence-corrected chi connectivity index (χ0v) is 13.4. The van der Waals surface area contributed by atoms with E-state index in [1.54, 1.807) is 18.3 Å². The molecule has 0 spiro atoms. The number of aliphatic hydroxyl groups is 1. The van der Waals surface area contributed by atoms with Crippen LogP contribution in [0.4, 0.5) is 5.82 Å². The fraction of sp³-hybridized carbons (Fsp3) is 0.500. The molecule has 0 unspecified atom stereocenters. The Morgan fingerprint density at radius 3 is 2.43 bits per heavy atom. The van der Waals surface area contributed by atoms with Gasteiger partial charge in [-0.1, -0.05) is 17.7 Å². The number of pyridine rings is 1. The Bertz CT molecular complexity index is 559. The van der Waals surface area contributed by atoms with Crippen molar-refractivity contribution < 1.29 is 14.4 Å². The third kappa shape index (κ3) is 3.24. The van der Waals surface area contributed by atoms with E-state index in [0.717, 1.165) is 0 Å². The van der Waals surface area contributed by atoms with Gasteiger partial charge in [-0.3, -0.25) is 0 Å². The summed E-state index contributed by atoms with van der Waals surface area (Å²) in [5.41, 5.74) is 5.89. The standard InChI is InChI=1S/C14H20BClN2O3/c1-13(2)14(3,4)21-15(20-13)10(8-19)5-9-7-18-12(17)6-11(9)16/h5-7,19H,8H2,1-4H3,(H2,17,18). The van der Waals surface area contributed by atoms with Crippen LogP contribution < -0.4 is 5.73 Å². The molecule has 0 aromatic carbocycles. The fourth-order valence-corrected chi connectivity index (χ4v) is 2.16. The van der Waals surface area contributed by atoms with E-state index >= 15 is 0 Å². The minimum Gasteiger partial charge on any atom is -0.400 e. The van der Waals surface area contributed by atoms with Crippen LogP contribution in [0.15, 0.2) is 17.7 Å². The lowest BCUT2D eigenvalue weighted by atomic mass is 9.77. The molecule has 0 radical (unpaired) electrons. The molecule has 0 atom stereocenters. The van der Waals surface area contributed by atoms with Crippen LogP contribution >= 0.6 is 11.6 Å². The summed E-state index contributed by atoms with van der Waals surface area (Å²) in [5.74, 6) is 0.346. The highest BCUT2D eigenvalue weighted by molar-refractivity contribution is 6.56.